The van der Waals surface area contributed by atoms with E-state index in [1.807, 2.05) is 13.0 Å². The predicted molar refractivity (Wildman–Crippen MR) is 108 cm³/mol. The molecule has 0 radical (unpaired) electrons. The fourth-order valence-electron chi connectivity index (χ4n) is 2.73. The summed E-state index contributed by atoms with van der Waals surface area (Å²) in [7, 11) is 0. The quantitative estimate of drug-likeness (QED) is 0.499. The fourth-order valence-corrected chi connectivity index (χ4v) is 2.73. The van der Waals surface area contributed by atoms with E-state index in [4.69, 9.17) is 5.11 Å². The summed E-state index contributed by atoms with van der Waals surface area (Å²) in [6.45, 7) is 2.58. The Kier molecular flexibility index (Phi) is 7.08. The van der Waals surface area contributed by atoms with Crippen LogP contribution in [0.1, 0.15) is 22.8 Å². The fraction of sp³-hybridized carbons (Fsp3) is 0.286. The van der Waals surface area contributed by atoms with Crippen molar-refractivity contribution in [2.24, 2.45) is 5.92 Å². The number of halogens is 2. The molecule has 1 aromatic carbocycles. The first-order chi connectivity index (χ1) is 14.5. The number of amides is 1. The molecule has 30 heavy (non-hydrogen) atoms. The van der Waals surface area contributed by atoms with Crippen LogP contribution in [0.2, 0.25) is 0 Å². The third kappa shape index (κ3) is 5.60. The number of nitrogens with one attached hydrogen (secondary N) is 2. The van der Waals surface area contributed by atoms with Gasteiger partial charge in [0.25, 0.3) is 5.91 Å². The van der Waals surface area contributed by atoms with E-state index in [2.05, 4.69) is 20.8 Å². The number of aromatic nitrogens is 3. The van der Waals surface area contributed by atoms with Crippen LogP contribution in [-0.4, -0.2) is 45.6 Å². The molecule has 0 spiro atoms. The van der Waals surface area contributed by atoms with Gasteiger partial charge in [-0.1, -0.05) is 19.1 Å². The van der Waals surface area contributed by atoms with E-state index in [0.29, 0.717) is 30.8 Å². The maximum atomic E-state index is 14.2. The van der Waals surface area contributed by atoms with Crippen molar-refractivity contribution in [2.75, 3.05) is 25.1 Å². The lowest BCUT2D eigenvalue weighted by molar-refractivity contribution is 0.0942. The number of hydrogen-bond donors (Lipinski definition) is 3. The van der Waals surface area contributed by atoms with Gasteiger partial charge in [0.05, 0.1) is 23.0 Å². The number of carbonyl (C=O) groups is 1. The Hall–Kier alpha value is -3.33. The van der Waals surface area contributed by atoms with E-state index in [1.54, 1.807) is 18.2 Å². The predicted octanol–water partition coefficient (Wildman–Crippen LogP) is 2.37. The molecule has 0 unspecified atom stereocenters. The first-order valence-corrected chi connectivity index (χ1v) is 9.55. The number of benzene rings is 1. The number of aliphatic hydroxyl groups excluding tert-OH is 1. The molecular weight excluding hydrogens is 392 g/mol. The van der Waals surface area contributed by atoms with E-state index in [9.17, 15) is 13.6 Å². The zero-order valence-corrected chi connectivity index (χ0v) is 16.5. The minimum absolute atomic E-state index is 0.0169. The first-order valence-electron chi connectivity index (χ1n) is 9.55. The van der Waals surface area contributed by atoms with Crippen molar-refractivity contribution in [3.05, 3.63) is 71.7 Å². The van der Waals surface area contributed by atoms with E-state index < -0.39 is 5.95 Å². The van der Waals surface area contributed by atoms with Gasteiger partial charge in [0.2, 0.25) is 5.95 Å². The largest absolute Gasteiger partial charge is 0.396 e. The van der Waals surface area contributed by atoms with Gasteiger partial charge in [0.15, 0.2) is 0 Å². The second kappa shape index (κ2) is 9.93. The van der Waals surface area contributed by atoms with Crippen molar-refractivity contribution in [3.8, 4) is 11.3 Å². The maximum absolute atomic E-state index is 14.2. The summed E-state index contributed by atoms with van der Waals surface area (Å²) in [6.07, 6.45) is 3.37. The van der Waals surface area contributed by atoms with Crippen LogP contribution in [0.25, 0.3) is 11.3 Å². The monoisotopic (exact) mass is 415 g/mol. The molecule has 0 aliphatic carbocycles. The highest BCUT2D eigenvalue weighted by Crippen LogP contribution is 2.19. The average Bonchev–Trinajstić information content (AvgIpc) is 3.12. The van der Waals surface area contributed by atoms with Crippen LogP contribution in [0.3, 0.4) is 0 Å². The molecule has 0 aliphatic heterocycles. The Balaban J connectivity index is 1.59. The molecule has 1 amide bonds. The number of pyridine rings is 1. The summed E-state index contributed by atoms with van der Waals surface area (Å²) in [5.74, 6) is -1.36. The van der Waals surface area contributed by atoms with Crippen molar-refractivity contribution < 1.29 is 18.7 Å². The number of carbonyl (C=O) groups excluding carboxylic acids is 1. The van der Waals surface area contributed by atoms with E-state index in [-0.39, 0.29) is 29.8 Å². The van der Waals surface area contributed by atoms with Gasteiger partial charge in [-0.05, 0) is 42.2 Å². The van der Waals surface area contributed by atoms with Gasteiger partial charge in [0, 0.05) is 25.9 Å². The average molecular weight is 415 g/mol. The molecule has 7 nitrogen and oxygen atoms in total. The van der Waals surface area contributed by atoms with Gasteiger partial charge in [-0.2, -0.15) is 9.18 Å². The van der Waals surface area contributed by atoms with Gasteiger partial charge in [-0.15, -0.1) is 5.10 Å². The van der Waals surface area contributed by atoms with Gasteiger partial charge < -0.3 is 15.8 Å². The smallest absolute Gasteiger partial charge is 0.252 e. The van der Waals surface area contributed by atoms with Crippen molar-refractivity contribution >= 4 is 5.91 Å². The minimum Gasteiger partial charge on any atom is -0.396 e. The van der Waals surface area contributed by atoms with Crippen molar-refractivity contribution in [2.45, 2.75) is 13.3 Å². The molecule has 0 saturated carbocycles. The lowest BCUT2D eigenvalue weighted by atomic mass is 10.1. The van der Waals surface area contributed by atoms with Crippen LogP contribution >= 0.6 is 0 Å². The van der Waals surface area contributed by atoms with E-state index in [1.165, 1.54) is 29.3 Å². The molecule has 158 valence electrons. The van der Waals surface area contributed by atoms with Crippen LogP contribution < -0.4 is 10.7 Å². The van der Waals surface area contributed by atoms with Gasteiger partial charge in [-0.25, -0.2) is 4.39 Å². The third-order valence-corrected chi connectivity index (χ3v) is 4.47. The highest BCUT2D eigenvalue weighted by Gasteiger charge is 2.14. The standard InChI is InChI=1S/C21H23F2N5O2/c1-14(13-29)10-25-21(30)16-5-6-19(24-11-16)18-12-28(27-20(18)23)26-8-7-15-3-2-4-17(22)9-15/h2-6,9,11-12,14,26,29H,7-8,10,13H2,1H3,(H,25,30)/t14-/m1/s1. The lowest BCUT2D eigenvalue weighted by Crippen LogP contribution is -2.29. The van der Waals surface area contributed by atoms with Crippen molar-refractivity contribution in [3.63, 3.8) is 0 Å². The zero-order valence-electron chi connectivity index (χ0n) is 16.5. The molecule has 3 N–H and O–H groups in total. The van der Waals surface area contributed by atoms with Crippen molar-refractivity contribution in [1.82, 2.24) is 20.2 Å². The van der Waals surface area contributed by atoms with Gasteiger partial charge in [-0.3, -0.25) is 9.78 Å². The minimum atomic E-state index is -0.699. The normalized spacial score (nSPS) is 11.9. The topological polar surface area (TPSA) is 92.1 Å². The molecule has 0 fully saturated rings. The Morgan fingerprint density at radius 1 is 1.27 bits per heavy atom. The number of aliphatic hydroxyl groups is 1. The lowest BCUT2D eigenvalue weighted by Gasteiger charge is -2.09. The molecule has 1 atom stereocenters. The second-order valence-electron chi connectivity index (χ2n) is 7.00. The molecule has 0 bridgehead atoms. The van der Waals surface area contributed by atoms with E-state index in [0.717, 1.165) is 5.56 Å². The maximum Gasteiger partial charge on any atom is 0.252 e. The van der Waals surface area contributed by atoms with Crippen LogP contribution in [0.15, 0.2) is 48.8 Å². The molecule has 0 saturated heterocycles. The van der Waals surface area contributed by atoms with Crippen LogP contribution in [0.4, 0.5) is 8.78 Å². The highest BCUT2D eigenvalue weighted by molar-refractivity contribution is 5.94. The van der Waals surface area contributed by atoms with Crippen LogP contribution in [-0.2, 0) is 6.42 Å². The van der Waals surface area contributed by atoms with Crippen molar-refractivity contribution in [1.29, 1.82) is 0 Å². The Morgan fingerprint density at radius 3 is 2.80 bits per heavy atom. The van der Waals surface area contributed by atoms with Gasteiger partial charge in [0.1, 0.15) is 5.82 Å². The van der Waals surface area contributed by atoms with Gasteiger partial charge >= 0.3 is 0 Å². The summed E-state index contributed by atoms with van der Waals surface area (Å²) in [6, 6.07) is 9.37. The molecule has 3 aromatic rings. The Morgan fingerprint density at radius 2 is 2.10 bits per heavy atom. The Bertz CT molecular complexity index is 991. The second-order valence-corrected chi connectivity index (χ2v) is 7.00. The molecular formula is C21H23F2N5O2. The first kappa shape index (κ1) is 21.4. The highest BCUT2D eigenvalue weighted by atomic mass is 19.1. The number of hydrogen-bond acceptors (Lipinski definition) is 5. The third-order valence-electron chi connectivity index (χ3n) is 4.47. The van der Waals surface area contributed by atoms with E-state index >= 15 is 0 Å². The number of nitrogens with zero attached hydrogens (tertiary/aromatic N) is 3. The number of rotatable bonds is 9. The zero-order chi connectivity index (χ0) is 21.5. The summed E-state index contributed by atoms with van der Waals surface area (Å²) in [5.41, 5.74) is 4.62. The summed E-state index contributed by atoms with van der Waals surface area (Å²) in [4.78, 5) is 17.5. The summed E-state index contributed by atoms with van der Waals surface area (Å²) >= 11 is 0. The molecule has 3 rings (SSSR count). The molecule has 2 heterocycles. The SMILES string of the molecule is C[C@@H](CO)CNC(=O)c1ccc(-c2cn(NCCc3cccc(F)c3)nc2F)nc1. The Labute approximate surface area is 172 Å². The van der Waals surface area contributed by atoms with Crippen LogP contribution in [0, 0.1) is 17.7 Å². The molecule has 0 aliphatic rings. The molecule has 2 aromatic heterocycles. The summed E-state index contributed by atoms with van der Waals surface area (Å²) in [5, 5.41) is 15.5. The molecule has 9 heteroatoms. The van der Waals surface area contributed by atoms with Crippen LogP contribution in [0.5, 0.6) is 0 Å². The summed E-state index contributed by atoms with van der Waals surface area (Å²) < 4.78 is 27.4.